The van der Waals surface area contributed by atoms with Gasteiger partial charge in [-0.3, -0.25) is 14.0 Å². The van der Waals surface area contributed by atoms with Gasteiger partial charge in [-0.15, -0.1) is 0 Å². The molecule has 196 valence electrons. The van der Waals surface area contributed by atoms with Crippen molar-refractivity contribution in [3.05, 3.63) is 92.3 Å². The Hall–Kier alpha value is -3.53. The summed E-state index contributed by atoms with van der Waals surface area (Å²) in [5.41, 5.74) is 9.54. The molecule has 0 fully saturated rings. The van der Waals surface area contributed by atoms with Crippen LogP contribution < -0.4 is 20.7 Å². The zero-order valence-electron chi connectivity index (χ0n) is 20.5. The summed E-state index contributed by atoms with van der Waals surface area (Å²) in [6.07, 6.45) is 4.86. The molecule has 0 radical (unpaired) electrons. The molecule has 0 aliphatic carbocycles. The molecule has 0 spiro atoms. The minimum atomic E-state index is -0.407. The van der Waals surface area contributed by atoms with E-state index in [4.69, 9.17) is 33.7 Å². The topological polar surface area (TPSA) is 102 Å². The van der Waals surface area contributed by atoms with E-state index in [1.54, 1.807) is 55.6 Å². The van der Waals surface area contributed by atoms with Gasteiger partial charge in [-0.2, -0.15) is 0 Å². The standard InChI is InChI=1S/C27H24BrCl2N5O3/c1-16-26(28)35-13-3-4-22(27(35)33-16)38-15-19-20(29)10-11-21(25(19)30)34(2)24(37)14-32-23(36)12-7-17-5-8-18(31)9-6-17/h3-13H,14-15,31H2,1-2H3,(H,32,36)/b12-7+. The molecule has 0 atom stereocenters. The molecule has 0 saturated carbocycles. The van der Waals surface area contributed by atoms with Crippen LogP contribution in [0.3, 0.4) is 0 Å². The number of carbonyl (C=O) groups is 2. The van der Waals surface area contributed by atoms with Crippen molar-refractivity contribution in [2.45, 2.75) is 13.5 Å². The Labute approximate surface area is 238 Å². The maximum atomic E-state index is 12.8. The molecule has 2 aromatic heterocycles. The fourth-order valence-electron chi connectivity index (χ4n) is 3.62. The van der Waals surface area contributed by atoms with Crippen LogP contribution in [0, 0.1) is 6.92 Å². The summed E-state index contributed by atoms with van der Waals surface area (Å²) < 4.78 is 8.74. The first-order valence-electron chi connectivity index (χ1n) is 11.5. The third-order valence-corrected chi connectivity index (χ3v) is 7.50. The second kappa shape index (κ2) is 11.9. The lowest BCUT2D eigenvalue weighted by Gasteiger charge is -2.21. The van der Waals surface area contributed by atoms with E-state index in [0.717, 1.165) is 15.9 Å². The number of pyridine rings is 1. The number of likely N-dealkylation sites (N-methyl/N-ethyl adjacent to an activating group) is 1. The molecular weight excluding hydrogens is 593 g/mol. The number of rotatable bonds is 8. The zero-order chi connectivity index (χ0) is 27.4. The highest BCUT2D eigenvalue weighted by molar-refractivity contribution is 9.10. The van der Waals surface area contributed by atoms with Gasteiger partial charge in [0, 0.05) is 35.6 Å². The minimum absolute atomic E-state index is 0.0589. The Morgan fingerprint density at radius 3 is 2.66 bits per heavy atom. The SMILES string of the molecule is Cc1nc2c(OCc3c(Cl)ccc(N(C)C(=O)CNC(=O)/C=C/c4ccc(N)cc4)c3Cl)cccn2c1Br. The van der Waals surface area contributed by atoms with Gasteiger partial charge in [0.2, 0.25) is 11.8 Å². The molecule has 2 aromatic carbocycles. The largest absolute Gasteiger partial charge is 0.485 e. The van der Waals surface area contributed by atoms with Crippen molar-refractivity contribution in [3.8, 4) is 5.75 Å². The van der Waals surface area contributed by atoms with E-state index in [-0.39, 0.29) is 24.1 Å². The average molecular weight is 617 g/mol. The Kier molecular flexibility index (Phi) is 8.61. The van der Waals surface area contributed by atoms with E-state index in [1.165, 1.54) is 11.0 Å². The highest BCUT2D eigenvalue weighted by Gasteiger charge is 2.19. The molecule has 2 heterocycles. The predicted octanol–water partition coefficient (Wildman–Crippen LogP) is 5.67. The number of nitrogen functional groups attached to an aromatic ring is 1. The first kappa shape index (κ1) is 27.5. The molecule has 4 aromatic rings. The van der Waals surface area contributed by atoms with Crippen LogP contribution in [0.2, 0.25) is 10.0 Å². The maximum absolute atomic E-state index is 12.8. The Balaban J connectivity index is 1.42. The number of ether oxygens (including phenoxy) is 1. The first-order chi connectivity index (χ1) is 18.2. The summed E-state index contributed by atoms with van der Waals surface area (Å²) in [5.74, 6) is -0.217. The van der Waals surface area contributed by atoms with Gasteiger partial charge in [0.25, 0.3) is 0 Å². The lowest BCUT2D eigenvalue weighted by Crippen LogP contribution is -2.37. The maximum Gasteiger partial charge on any atom is 0.246 e. The summed E-state index contributed by atoms with van der Waals surface area (Å²) in [5, 5.41) is 3.25. The summed E-state index contributed by atoms with van der Waals surface area (Å²) in [6, 6.07) is 14.0. The van der Waals surface area contributed by atoms with Crippen molar-refractivity contribution >= 4 is 74.0 Å². The molecule has 3 N–H and O–H groups in total. The van der Waals surface area contributed by atoms with Crippen molar-refractivity contribution in [1.29, 1.82) is 0 Å². The number of anilines is 2. The highest BCUT2D eigenvalue weighted by Crippen LogP contribution is 2.35. The molecule has 0 aliphatic heterocycles. The van der Waals surface area contributed by atoms with Gasteiger partial charge < -0.3 is 20.7 Å². The summed E-state index contributed by atoms with van der Waals surface area (Å²) in [7, 11) is 1.57. The number of carbonyl (C=O) groups excluding carboxylic acids is 2. The average Bonchev–Trinajstić information content (AvgIpc) is 3.20. The minimum Gasteiger partial charge on any atom is -0.485 e. The summed E-state index contributed by atoms with van der Waals surface area (Å²) in [6.45, 7) is 1.73. The van der Waals surface area contributed by atoms with Crippen LogP contribution in [0.1, 0.15) is 16.8 Å². The fourth-order valence-corrected chi connectivity index (χ4v) is 4.60. The van der Waals surface area contributed by atoms with E-state index in [0.29, 0.717) is 33.4 Å². The zero-order valence-corrected chi connectivity index (χ0v) is 23.6. The quantitative estimate of drug-likeness (QED) is 0.196. The number of nitrogens with zero attached hydrogens (tertiary/aromatic N) is 3. The third-order valence-electron chi connectivity index (χ3n) is 5.77. The monoisotopic (exact) mass is 615 g/mol. The number of amides is 2. The van der Waals surface area contributed by atoms with Crippen LogP contribution in [0.25, 0.3) is 11.7 Å². The van der Waals surface area contributed by atoms with Gasteiger partial charge in [0.05, 0.1) is 22.9 Å². The number of nitrogens with two attached hydrogens (primary N) is 1. The number of hydrogen-bond acceptors (Lipinski definition) is 5. The fraction of sp³-hybridized carbons (Fsp3) is 0.148. The molecule has 0 bridgehead atoms. The van der Waals surface area contributed by atoms with Gasteiger partial charge in [0.1, 0.15) is 11.2 Å². The molecule has 4 rings (SSSR count). The van der Waals surface area contributed by atoms with Crippen molar-refractivity contribution in [1.82, 2.24) is 14.7 Å². The van der Waals surface area contributed by atoms with Crippen LogP contribution in [0.4, 0.5) is 11.4 Å². The van der Waals surface area contributed by atoms with Crippen molar-refractivity contribution in [3.63, 3.8) is 0 Å². The molecule has 2 amide bonds. The van der Waals surface area contributed by atoms with Crippen LogP contribution in [0.15, 0.2) is 65.4 Å². The highest BCUT2D eigenvalue weighted by atomic mass is 79.9. The van der Waals surface area contributed by atoms with E-state index < -0.39 is 5.91 Å². The van der Waals surface area contributed by atoms with Gasteiger partial charge >= 0.3 is 0 Å². The second-order valence-electron chi connectivity index (χ2n) is 8.37. The molecule has 38 heavy (non-hydrogen) atoms. The molecule has 8 nitrogen and oxygen atoms in total. The number of aryl methyl sites for hydroxylation is 1. The van der Waals surface area contributed by atoms with E-state index in [1.807, 2.05) is 23.6 Å². The van der Waals surface area contributed by atoms with Crippen LogP contribution in [0.5, 0.6) is 5.75 Å². The summed E-state index contributed by atoms with van der Waals surface area (Å²) in [4.78, 5) is 30.9. The smallest absolute Gasteiger partial charge is 0.246 e. The Morgan fingerprint density at radius 2 is 1.92 bits per heavy atom. The van der Waals surface area contributed by atoms with E-state index >= 15 is 0 Å². The lowest BCUT2D eigenvalue weighted by atomic mass is 10.2. The van der Waals surface area contributed by atoms with Gasteiger partial charge in [-0.25, -0.2) is 4.98 Å². The summed E-state index contributed by atoms with van der Waals surface area (Å²) >= 11 is 16.6. The van der Waals surface area contributed by atoms with Gasteiger partial charge in [-0.1, -0.05) is 35.3 Å². The normalized spacial score (nSPS) is 11.2. The van der Waals surface area contributed by atoms with Crippen LogP contribution >= 0.6 is 39.1 Å². The Morgan fingerprint density at radius 1 is 1.18 bits per heavy atom. The number of hydrogen-bond donors (Lipinski definition) is 2. The molecule has 11 heteroatoms. The molecular formula is C27H24BrCl2N5O3. The number of halogens is 3. The number of nitrogens with one attached hydrogen (secondary N) is 1. The number of benzene rings is 2. The van der Waals surface area contributed by atoms with Crippen molar-refractivity contribution in [2.75, 3.05) is 24.2 Å². The lowest BCUT2D eigenvalue weighted by molar-refractivity contribution is -0.122. The van der Waals surface area contributed by atoms with E-state index in [2.05, 4.69) is 26.2 Å². The second-order valence-corrected chi connectivity index (χ2v) is 9.91. The van der Waals surface area contributed by atoms with Crippen LogP contribution in [-0.2, 0) is 16.2 Å². The number of aromatic nitrogens is 2. The molecule has 0 unspecified atom stereocenters. The van der Waals surface area contributed by atoms with Crippen LogP contribution in [-0.4, -0.2) is 34.8 Å². The van der Waals surface area contributed by atoms with Crippen molar-refractivity contribution in [2.24, 2.45) is 0 Å². The molecule has 0 saturated heterocycles. The third kappa shape index (κ3) is 6.12. The van der Waals surface area contributed by atoms with E-state index in [9.17, 15) is 9.59 Å². The molecule has 0 aliphatic rings. The van der Waals surface area contributed by atoms with Gasteiger partial charge in [0.15, 0.2) is 11.4 Å². The first-order valence-corrected chi connectivity index (χ1v) is 13.0. The van der Waals surface area contributed by atoms with Gasteiger partial charge in [-0.05, 0) is 70.9 Å². The Bertz CT molecular complexity index is 1540. The number of imidazole rings is 1. The predicted molar refractivity (Wildman–Crippen MR) is 155 cm³/mol. The number of fused-ring (bicyclic) bond motifs is 1. The van der Waals surface area contributed by atoms with Crippen molar-refractivity contribution < 1.29 is 14.3 Å².